The molecule has 1 aromatic rings. The molecule has 1 heterocycles. The van der Waals surface area contributed by atoms with E-state index in [0.29, 0.717) is 0 Å². The molecule has 0 aliphatic heterocycles. The van der Waals surface area contributed by atoms with E-state index in [-0.39, 0.29) is 0 Å². The molecule has 1 amide bonds. The predicted molar refractivity (Wildman–Crippen MR) is 46.2 cm³/mol. The number of carbonyl (C=O) groups excluding carboxylic acids is 1. The molecule has 14 heavy (non-hydrogen) atoms. The number of primary amides is 1. The van der Waals surface area contributed by atoms with Crippen molar-refractivity contribution in [2.24, 2.45) is 5.73 Å². The van der Waals surface area contributed by atoms with E-state index in [4.69, 9.17) is 5.73 Å². The smallest absolute Gasteiger partial charge is 0.369 e. The minimum atomic E-state index is -3.95. The molecule has 0 fully saturated rings. The summed E-state index contributed by atoms with van der Waals surface area (Å²) in [5, 5.41) is 0. The fourth-order valence-electron chi connectivity index (χ4n) is 0.764. The third kappa shape index (κ3) is 3.40. The molecule has 0 aromatic carbocycles. The zero-order chi connectivity index (χ0) is 10.6. The molecule has 0 bridgehead atoms. The van der Waals surface area contributed by atoms with Crippen LogP contribution in [-0.2, 0) is 14.9 Å². The maximum atomic E-state index is 11.1. The Hall–Kier alpha value is -1.63. The zero-order valence-electron chi connectivity index (χ0n) is 7.16. The van der Waals surface area contributed by atoms with Gasteiger partial charge in [0.2, 0.25) is 18.3 Å². The van der Waals surface area contributed by atoms with E-state index in [0.717, 1.165) is 4.73 Å². The monoisotopic (exact) mass is 217 g/mol. The summed E-state index contributed by atoms with van der Waals surface area (Å²) in [6, 6.07) is 4.86. The van der Waals surface area contributed by atoms with Gasteiger partial charge >= 0.3 is 10.1 Å². The van der Waals surface area contributed by atoms with Gasteiger partial charge in [0.25, 0.3) is 0 Å². The predicted octanol–water partition coefficient (Wildman–Crippen LogP) is -1.78. The van der Waals surface area contributed by atoms with E-state index in [2.05, 4.69) is 4.28 Å². The first-order valence-electron chi connectivity index (χ1n) is 3.67. The molecule has 0 atom stereocenters. The molecule has 1 rings (SSSR count). The van der Waals surface area contributed by atoms with Crippen LogP contribution in [0.4, 0.5) is 0 Å². The van der Waals surface area contributed by atoms with E-state index < -0.39 is 21.8 Å². The van der Waals surface area contributed by atoms with E-state index in [1.165, 1.54) is 12.4 Å². The average Bonchev–Trinajstić information content (AvgIpc) is 2.02. The van der Waals surface area contributed by atoms with Crippen molar-refractivity contribution in [2.75, 3.05) is 5.75 Å². The van der Waals surface area contributed by atoms with Crippen molar-refractivity contribution in [3.8, 4) is 0 Å². The van der Waals surface area contributed by atoms with Crippen molar-refractivity contribution in [2.45, 2.75) is 0 Å². The van der Waals surface area contributed by atoms with Crippen molar-refractivity contribution in [3.63, 3.8) is 0 Å². The molecule has 0 aliphatic rings. The molecular formula is C7H9N2O4S+. The molecule has 0 aliphatic carbocycles. The van der Waals surface area contributed by atoms with Crippen LogP contribution in [0.2, 0.25) is 0 Å². The highest BCUT2D eigenvalue weighted by Crippen LogP contribution is 1.84. The van der Waals surface area contributed by atoms with Gasteiger partial charge in [-0.3, -0.25) is 4.79 Å². The number of rotatable bonds is 4. The summed E-state index contributed by atoms with van der Waals surface area (Å²) in [6.45, 7) is 0. The van der Waals surface area contributed by atoms with Gasteiger partial charge in [-0.2, -0.15) is 8.42 Å². The number of carbonyl (C=O) groups is 1. The van der Waals surface area contributed by atoms with Crippen LogP contribution in [0, 0.1) is 0 Å². The van der Waals surface area contributed by atoms with E-state index in [1.807, 2.05) is 0 Å². The number of hydrogen-bond acceptors (Lipinski definition) is 4. The molecule has 0 spiro atoms. The topological polar surface area (TPSA) is 90.3 Å². The zero-order valence-corrected chi connectivity index (χ0v) is 7.98. The summed E-state index contributed by atoms with van der Waals surface area (Å²) in [4.78, 5) is 10.4. The molecule has 76 valence electrons. The number of hydrogen-bond donors (Lipinski definition) is 1. The molecule has 0 radical (unpaired) electrons. The SMILES string of the molecule is NC(=O)CS(=O)(=O)O[n+]1ccccc1. The van der Waals surface area contributed by atoms with E-state index >= 15 is 0 Å². The third-order valence-corrected chi connectivity index (χ3v) is 2.24. The first-order valence-corrected chi connectivity index (χ1v) is 5.24. The summed E-state index contributed by atoms with van der Waals surface area (Å²) in [7, 11) is -3.95. The Morgan fingerprint density at radius 3 is 2.36 bits per heavy atom. The lowest BCUT2D eigenvalue weighted by atomic mass is 10.5. The van der Waals surface area contributed by atoms with Gasteiger partial charge in [-0.15, -0.1) is 4.28 Å². The van der Waals surface area contributed by atoms with Crippen molar-refractivity contribution < 1.29 is 22.2 Å². The van der Waals surface area contributed by atoms with Crippen LogP contribution in [0.3, 0.4) is 0 Å². The van der Waals surface area contributed by atoms with Crippen LogP contribution in [0.5, 0.6) is 0 Å². The number of amides is 1. The van der Waals surface area contributed by atoms with E-state index in [9.17, 15) is 13.2 Å². The van der Waals surface area contributed by atoms with Gasteiger partial charge in [0.05, 0.1) is 0 Å². The van der Waals surface area contributed by atoms with Crippen LogP contribution in [0.15, 0.2) is 30.6 Å². The third-order valence-electron chi connectivity index (χ3n) is 1.21. The number of nitrogens with zero attached hydrogens (tertiary/aromatic N) is 1. The molecule has 1 aromatic heterocycles. The number of aromatic nitrogens is 1. The molecule has 0 unspecified atom stereocenters. The molecular weight excluding hydrogens is 208 g/mol. The highest BCUT2D eigenvalue weighted by Gasteiger charge is 2.21. The molecule has 0 saturated heterocycles. The van der Waals surface area contributed by atoms with Crippen LogP contribution in [0.1, 0.15) is 0 Å². The van der Waals surface area contributed by atoms with Gasteiger partial charge in [-0.05, 0) is 0 Å². The van der Waals surface area contributed by atoms with Crippen molar-refractivity contribution in [1.82, 2.24) is 0 Å². The summed E-state index contributed by atoms with van der Waals surface area (Å²) < 4.78 is 27.6. The Kier molecular flexibility index (Phi) is 3.03. The Morgan fingerprint density at radius 1 is 1.29 bits per heavy atom. The molecule has 0 saturated carbocycles. The minimum Gasteiger partial charge on any atom is -0.369 e. The van der Waals surface area contributed by atoms with Gasteiger partial charge in [-0.1, -0.05) is 6.07 Å². The summed E-state index contributed by atoms with van der Waals surface area (Å²) >= 11 is 0. The molecule has 2 N–H and O–H groups in total. The van der Waals surface area contributed by atoms with E-state index in [1.54, 1.807) is 18.2 Å². The Balaban J connectivity index is 2.74. The number of nitrogens with two attached hydrogens (primary N) is 1. The van der Waals surface area contributed by atoms with Gasteiger partial charge < -0.3 is 5.73 Å². The Morgan fingerprint density at radius 2 is 1.86 bits per heavy atom. The fourth-order valence-corrected chi connectivity index (χ4v) is 1.53. The normalized spacial score (nSPS) is 10.9. The maximum Gasteiger partial charge on any atom is 0.376 e. The van der Waals surface area contributed by atoms with Crippen LogP contribution < -0.4 is 14.7 Å². The standard InChI is InChI=1S/C7H8N2O4S/c8-7(10)6-14(11,12)13-9-4-2-1-3-5-9/h1-5H,6H2,(H-,8,10)/p+1. The minimum absolute atomic E-state index is 0.838. The maximum absolute atomic E-state index is 11.1. The van der Waals surface area contributed by atoms with Gasteiger partial charge in [0, 0.05) is 16.9 Å². The highest BCUT2D eigenvalue weighted by molar-refractivity contribution is 7.87. The van der Waals surface area contributed by atoms with Gasteiger partial charge in [0.15, 0.2) is 5.75 Å². The number of pyridine rings is 1. The quantitative estimate of drug-likeness (QED) is 0.603. The van der Waals surface area contributed by atoms with Crippen LogP contribution in [0.25, 0.3) is 0 Å². The molecule has 6 nitrogen and oxygen atoms in total. The van der Waals surface area contributed by atoms with Crippen LogP contribution >= 0.6 is 0 Å². The van der Waals surface area contributed by atoms with Crippen molar-refractivity contribution >= 4 is 16.0 Å². The first kappa shape index (κ1) is 10.5. The largest absolute Gasteiger partial charge is 0.376 e. The second kappa shape index (κ2) is 4.05. The average molecular weight is 217 g/mol. The Bertz CT molecular complexity index is 415. The lowest BCUT2D eigenvalue weighted by Gasteiger charge is -1.96. The fraction of sp³-hybridized carbons (Fsp3) is 0.143. The molecule has 7 heteroatoms. The summed E-state index contributed by atoms with van der Waals surface area (Å²) in [5.41, 5.74) is 4.72. The van der Waals surface area contributed by atoms with Gasteiger partial charge in [0.1, 0.15) is 0 Å². The lowest BCUT2D eigenvalue weighted by molar-refractivity contribution is -0.856. The van der Waals surface area contributed by atoms with Crippen molar-refractivity contribution in [1.29, 1.82) is 0 Å². The highest BCUT2D eigenvalue weighted by atomic mass is 32.2. The summed E-state index contributed by atoms with van der Waals surface area (Å²) in [5.74, 6) is -1.80. The second-order valence-corrected chi connectivity index (χ2v) is 4.03. The lowest BCUT2D eigenvalue weighted by Crippen LogP contribution is -2.47. The second-order valence-electron chi connectivity index (χ2n) is 2.48. The van der Waals surface area contributed by atoms with Gasteiger partial charge in [-0.25, -0.2) is 0 Å². The van der Waals surface area contributed by atoms with Crippen molar-refractivity contribution in [3.05, 3.63) is 30.6 Å². The Labute approximate surface area is 81.0 Å². The first-order chi connectivity index (χ1) is 6.49. The van der Waals surface area contributed by atoms with Crippen LogP contribution in [-0.4, -0.2) is 20.1 Å². The summed E-state index contributed by atoms with van der Waals surface area (Å²) in [6.07, 6.45) is 2.77.